The Balaban J connectivity index is 3.28. The first-order chi connectivity index (χ1) is 5.16. The molecule has 0 aliphatic heterocycles. The molecule has 0 saturated heterocycles. The summed E-state index contributed by atoms with van der Waals surface area (Å²) in [6.07, 6.45) is 3.02. The maximum atomic E-state index is 10.7. The molecule has 0 aromatic rings. The minimum absolute atomic E-state index is 0.0483. The normalized spacial score (nSPS) is 9.00. The summed E-state index contributed by atoms with van der Waals surface area (Å²) in [7, 11) is 0. The third-order valence-electron chi connectivity index (χ3n) is 1.14. The van der Waals surface area contributed by atoms with Gasteiger partial charge in [0, 0.05) is 6.54 Å². The van der Waals surface area contributed by atoms with E-state index in [1.807, 2.05) is 13.8 Å². The van der Waals surface area contributed by atoms with Crippen LogP contribution < -0.4 is 5.32 Å². The lowest BCUT2D eigenvalue weighted by molar-refractivity contribution is -0.118. The van der Waals surface area contributed by atoms with Crippen LogP contribution in [0.1, 0.15) is 20.3 Å². The maximum absolute atomic E-state index is 10.7. The van der Waals surface area contributed by atoms with E-state index in [2.05, 4.69) is 27.3 Å². The van der Waals surface area contributed by atoms with Gasteiger partial charge in [-0.1, -0.05) is 27.6 Å². The summed E-state index contributed by atoms with van der Waals surface area (Å²) in [5, 5.41) is 3.15. The predicted octanol–water partition coefficient (Wildman–Crippen LogP) is 1.85. The first-order valence-corrected chi connectivity index (χ1v) is 4.75. The zero-order valence-electron chi connectivity index (χ0n) is 6.98. The highest BCUT2D eigenvalue weighted by Gasteiger charge is 1.93. The average Bonchev–Trinajstić information content (AvgIpc) is 1.97. The van der Waals surface area contributed by atoms with Crippen molar-refractivity contribution in [3.63, 3.8) is 0 Å². The van der Waals surface area contributed by atoms with Crippen LogP contribution in [0.3, 0.4) is 0 Å². The van der Waals surface area contributed by atoms with Crippen LogP contribution in [0.5, 0.6) is 0 Å². The molecule has 0 unspecified atom stereocenters. The van der Waals surface area contributed by atoms with Crippen LogP contribution in [-0.4, -0.2) is 17.8 Å². The van der Waals surface area contributed by atoms with Crippen molar-refractivity contribution in [3.8, 4) is 0 Å². The van der Waals surface area contributed by atoms with Gasteiger partial charge in [0.2, 0.25) is 5.91 Å². The lowest BCUT2D eigenvalue weighted by Gasteiger charge is -1.98. The van der Waals surface area contributed by atoms with E-state index in [-0.39, 0.29) is 5.91 Å². The minimum Gasteiger partial charge on any atom is -0.355 e. The van der Waals surface area contributed by atoms with Gasteiger partial charge in [-0.2, -0.15) is 0 Å². The zero-order valence-corrected chi connectivity index (χ0v) is 8.57. The number of hydrogen-bond donors (Lipinski definition) is 1. The van der Waals surface area contributed by atoms with Crippen molar-refractivity contribution < 1.29 is 4.79 Å². The fraction of sp³-hybridized carbons (Fsp3) is 0.625. The molecule has 0 fully saturated rings. The number of halogens is 1. The summed E-state index contributed by atoms with van der Waals surface area (Å²) in [4.78, 5) is 10.7. The number of nitrogens with one attached hydrogen (secondary N) is 1. The molecule has 1 amide bonds. The van der Waals surface area contributed by atoms with E-state index in [9.17, 15) is 4.79 Å². The summed E-state index contributed by atoms with van der Waals surface area (Å²) in [5.74, 6) is 0.0483. The van der Waals surface area contributed by atoms with Crippen LogP contribution in [-0.2, 0) is 4.79 Å². The van der Waals surface area contributed by atoms with Crippen LogP contribution in [0.2, 0.25) is 0 Å². The van der Waals surface area contributed by atoms with Gasteiger partial charge in [-0.15, -0.1) is 0 Å². The third kappa shape index (κ3) is 7.59. The third-order valence-corrected chi connectivity index (χ3v) is 1.65. The second-order valence-corrected chi connectivity index (χ2v) is 3.11. The van der Waals surface area contributed by atoms with E-state index < -0.39 is 0 Å². The quantitative estimate of drug-likeness (QED) is 0.437. The number of rotatable bonds is 4. The van der Waals surface area contributed by atoms with Crippen LogP contribution >= 0.6 is 15.9 Å². The van der Waals surface area contributed by atoms with Crippen LogP contribution in [0.15, 0.2) is 11.6 Å². The minimum atomic E-state index is 0.0483. The van der Waals surface area contributed by atoms with Crippen molar-refractivity contribution >= 4 is 21.8 Å². The average molecular weight is 220 g/mol. The summed E-state index contributed by atoms with van der Waals surface area (Å²) >= 11 is 3.07. The number of hydrogen-bond acceptors (Lipinski definition) is 1. The van der Waals surface area contributed by atoms with Gasteiger partial charge in [0.25, 0.3) is 0 Å². The van der Waals surface area contributed by atoms with Crippen molar-refractivity contribution in [2.45, 2.75) is 20.3 Å². The monoisotopic (exact) mass is 219 g/mol. The van der Waals surface area contributed by atoms with Gasteiger partial charge in [0.1, 0.15) is 0 Å². The van der Waals surface area contributed by atoms with Gasteiger partial charge >= 0.3 is 0 Å². The maximum Gasteiger partial charge on any atom is 0.230 e. The molecule has 11 heavy (non-hydrogen) atoms. The number of allylic oxidation sites excluding steroid dienone is 1. The molecule has 0 bridgehead atoms. The number of alkyl halides is 1. The van der Waals surface area contributed by atoms with E-state index in [0.717, 1.165) is 13.0 Å². The lowest BCUT2D eigenvalue weighted by Crippen LogP contribution is -2.24. The Morgan fingerprint density at radius 1 is 1.55 bits per heavy atom. The molecule has 0 aliphatic rings. The first-order valence-electron chi connectivity index (χ1n) is 3.63. The van der Waals surface area contributed by atoms with E-state index in [4.69, 9.17) is 0 Å². The fourth-order valence-corrected chi connectivity index (χ4v) is 0.818. The molecule has 0 radical (unpaired) electrons. The SMILES string of the molecule is CC(C)=CCCNC(=O)CBr. The van der Waals surface area contributed by atoms with E-state index in [1.165, 1.54) is 5.57 Å². The molecular weight excluding hydrogens is 206 g/mol. The molecule has 0 aromatic heterocycles. The number of amides is 1. The lowest BCUT2D eigenvalue weighted by atomic mass is 10.3. The fourth-order valence-electron chi connectivity index (χ4n) is 0.620. The molecule has 1 N–H and O–H groups in total. The van der Waals surface area contributed by atoms with Crippen molar-refractivity contribution in [2.75, 3.05) is 11.9 Å². The molecule has 2 nitrogen and oxygen atoms in total. The molecule has 0 aliphatic carbocycles. The van der Waals surface area contributed by atoms with Crippen LogP contribution in [0, 0.1) is 0 Å². The molecule has 64 valence electrons. The molecule has 0 spiro atoms. The molecule has 0 rings (SSSR count). The van der Waals surface area contributed by atoms with E-state index >= 15 is 0 Å². The molecule has 0 aromatic carbocycles. The van der Waals surface area contributed by atoms with Gasteiger partial charge in [0.15, 0.2) is 0 Å². The Labute approximate surface area is 76.2 Å². The van der Waals surface area contributed by atoms with Crippen molar-refractivity contribution in [3.05, 3.63) is 11.6 Å². The van der Waals surface area contributed by atoms with Crippen molar-refractivity contribution in [2.24, 2.45) is 0 Å². The smallest absolute Gasteiger partial charge is 0.230 e. The molecule has 0 saturated carbocycles. The van der Waals surface area contributed by atoms with Crippen LogP contribution in [0.4, 0.5) is 0 Å². The Morgan fingerprint density at radius 2 is 2.18 bits per heavy atom. The summed E-state index contributed by atoms with van der Waals surface area (Å²) < 4.78 is 0. The second-order valence-electron chi connectivity index (χ2n) is 2.55. The summed E-state index contributed by atoms with van der Waals surface area (Å²) in [6.45, 7) is 4.83. The van der Waals surface area contributed by atoms with Gasteiger partial charge in [0.05, 0.1) is 5.33 Å². The molecular formula is C8H14BrNO. The van der Waals surface area contributed by atoms with Crippen molar-refractivity contribution in [1.29, 1.82) is 0 Å². The summed E-state index contributed by atoms with van der Waals surface area (Å²) in [5.41, 5.74) is 1.29. The van der Waals surface area contributed by atoms with E-state index in [0.29, 0.717) is 5.33 Å². The number of carbonyl (C=O) groups is 1. The highest BCUT2D eigenvalue weighted by atomic mass is 79.9. The molecule has 0 atom stereocenters. The Kier molecular flexibility index (Phi) is 6.22. The predicted molar refractivity (Wildman–Crippen MR) is 50.9 cm³/mol. The first kappa shape index (κ1) is 10.7. The molecule has 0 heterocycles. The number of carbonyl (C=O) groups excluding carboxylic acids is 1. The zero-order chi connectivity index (χ0) is 8.69. The largest absolute Gasteiger partial charge is 0.355 e. The summed E-state index contributed by atoms with van der Waals surface area (Å²) in [6, 6.07) is 0. The van der Waals surface area contributed by atoms with Crippen molar-refractivity contribution in [1.82, 2.24) is 5.32 Å². The topological polar surface area (TPSA) is 29.1 Å². The van der Waals surface area contributed by atoms with Gasteiger partial charge in [-0.3, -0.25) is 4.79 Å². The Bertz CT molecular complexity index is 150. The highest BCUT2D eigenvalue weighted by molar-refractivity contribution is 9.09. The highest BCUT2D eigenvalue weighted by Crippen LogP contribution is 1.90. The second kappa shape index (κ2) is 6.40. The van der Waals surface area contributed by atoms with Crippen LogP contribution in [0.25, 0.3) is 0 Å². The Hall–Kier alpha value is -0.310. The Morgan fingerprint density at radius 3 is 2.64 bits per heavy atom. The van der Waals surface area contributed by atoms with Gasteiger partial charge in [-0.25, -0.2) is 0 Å². The van der Waals surface area contributed by atoms with E-state index in [1.54, 1.807) is 0 Å². The van der Waals surface area contributed by atoms with Gasteiger partial charge in [-0.05, 0) is 20.3 Å². The standard InChI is InChI=1S/C8H14BrNO/c1-7(2)4-3-5-10-8(11)6-9/h4H,3,5-6H2,1-2H3,(H,10,11). The van der Waals surface area contributed by atoms with Gasteiger partial charge < -0.3 is 5.32 Å². The molecule has 3 heteroatoms.